The number of nitrogens with one attached hydrogen (secondary N) is 1. The third kappa shape index (κ3) is 1.69. The first-order valence-electron chi connectivity index (χ1n) is 5.15. The van der Waals surface area contributed by atoms with Gasteiger partial charge in [0.2, 0.25) is 0 Å². The van der Waals surface area contributed by atoms with Gasteiger partial charge in [-0.25, -0.2) is 0 Å². The lowest BCUT2D eigenvalue weighted by atomic mass is 10.1. The lowest BCUT2D eigenvalue weighted by molar-refractivity contribution is 0.0952. The summed E-state index contributed by atoms with van der Waals surface area (Å²) in [6, 6.07) is 7.29. The first kappa shape index (κ1) is 10.4. The molecule has 0 aliphatic heterocycles. The van der Waals surface area contributed by atoms with Crippen LogP contribution >= 0.6 is 0 Å². The molecule has 2 rings (SSSR count). The van der Waals surface area contributed by atoms with Crippen LogP contribution < -0.4 is 11.1 Å². The molecule has 4 heteroatoms. The number of hydrogen-bond donors (Lipinski definition) is 2. The highest BCUT2D eigenvalue weighted by Gasteiger charge is 2.10. The quantitative estimate of drug-likeness (QED) is 0.747. The smallest absolute Gasteiger partial charge is 0.270 e. The molecule has 0 fully saturated rings. The van der Waals surface area contributed by atoms with E-state index in [9.17, 15) is 4.79 Å². The second-order valence-electron chi connectivity index (χ2n) is 3.46. The number of nitrogen functional groups attached to an aromatic ring is 1. The lowest BCUT2D eigenvalue weighted by Crippen LogP contribution is -2.23. The minimum absolute atomic E-state index is 0.168. The normalized spacial score (nSPS) is 10.3. The largest absolute Gasteiger partial charge is 0.398 e. The number of carbonyl (C=O) groups excluding carboxylic acids is 1. The van der Waals surface area contributed by atoms with Crippen LogP contribution in [0.25, 0.3) is 10.8 Å². The van der Waals surface area contributed by atoms with Crippen molar-refractivity contribution in [1.29, 1.82) is 0 Å². The van der Waals surface area contributed by atoms with Crippen LogP contribution in [0.3, 0.4) is 0 Å². The van der Waals surface area contributed by atoms with Crippen LogP contribution in [-0.2, 0) is 0 Å². The molecule has 1 aromatic carbocycles. The fourth-order valence-electron chi connectivity index (χ4n) is 1.66. The molecule has 0 spiro atoms. The number of nitrogens with zero attached hydrogens (tertiary/aromatic N) is 1. The summed E-state index contributed by atoms with van der Waals surface area (Å²) >= 11 is 0. The maximum atomic E-state index is 11.8. The Balaban J connectivity index is 2.62. The van der Waals surface area contributed by atoms with Crippen molar-refractivity contribution in [3.8, 4) is 0 Å². The molecule has 82 valence electrons. The van der Waals surface area contributed by atoms with Gasteiger partial charge in [0.05, 0.1) is 0 Å². The number of nitrogens with two attached hydrogens (primary N) is 1. The standard InChI is InChI=1S/C12H13N3O/c1-2-14-12(16)11-9-4-3-5-10(13)8(9)6-7-15-11/h3-7H,2,13H2,1H3,(H,14,16). The van der Waals surface area contributed by atoms with E-state index in [1.165, 1.54) is 0 Å². The molecule has 0 radical (unpaired) electrons. The number of carbonyl (C=O) groups is 1. The van der Waals surface area contributed by atoms with E-state index in [1.807, 2.05) is 31.2 Å². The molecule has 0 aliphatic carbocycles. The predicted octanol–water partition coefficient (Wildman–Crippen LogP) is 1.57. The fourth-order valence-corrected chi connectivity index (χ4v) is 1.66. The van der Waals surface area contributed by atoms with Gasteiger partial charge in [-0.2, -0.15) is 0 Å². The summed E-state index contributed by atoms with van der Waals surface area (Å²) in [5.74, 6) is -0.168. The van der Waals surface area contributed by atoms with Crippen molar-refractivity contribution in [2.24, 2.45) is 0 Å². The number of anilines is 1. The molecular weight excluding hydrogens is 202 g/mol. The minimum atomic E-state index is -0.168. The highest BCUT2D eigenvalue weighted by Crippen LogP contribution is 2.22. The van der Waals surface area contributed by atoms with Crippen molar-refractivity contribution < 1.29 is 4.79 Å². The molecule has 0 aliphatic rings. The van der Waals surface area contributed by atoms with Gasteiger partial charge in [0.25, 0.3) is 5.91 Å². The van der Waals surface area contributed by atoms with Crippen molar-refractivity contribution in [2.45, 2.75) is 6.92 Å². The Labute approximate surface area is 93.5 Å². The maximum absolute atomic E-state index is 11.8. The van der Waals surface area contributed by atoms with Crippen LogP contribution in [0.5, 0.6) is 0 Å². The fraction of sp³-hybridized carbons (Fsp3) is 0.167. The Morgan fingerprint density at radius 3 is 2.94 bits per heavy atom. The molecule has 0 saturated heterocycles. The van der Waals surface area contributed by atoms with E-state index >= 15 is 0 Å². The SMILES string of the molecule is CCNC(=O)c1nccc2c(N)cccc12. The van der Waals surface area contributed by atoms with E-state index in [2.05, 4.69) is 10.3 Å². The van der Waals surface area contributed by atoms with Gasteiger partial charge in [-0.05, 0) is 19.1 Å². The second-order valence-corrected chi connectivity index (χ2v) is 3.46. The zero-order chi connectivity index (χ0) is 11.5. The van der Waals surface area contributed by atoms with Crippen molar-refractivity contribution in [2.75, 3.05) is 12.3 Å². The first-order valence-corrected chi connectivity index (χ1v) is 5.15. The summed E-state index contributed by atoms with van der Waals surface area (Å²) in [5, 5.41) is 4.38. The van der Waals surface area contributed by atoms with E-state index < -0.39 is 0 Å². The molecule has 1 heterocycles. The van der Waals surface area contributed by atoms with E-state index in [0.717, 1.165) is 10.8 Å². The Kier molecular flexibility index (Phi) is 2.72. The van der Waals surface area contributed by atoms with Gasteiger partial charge in [0.1, 0.15) is 5.69 Å². The highest BCUT2D eigenvalue weighted by atomic mass is 16.1. The van der Waals surface area contributed by atoms with Gasteiger partial charge in [-0.3, -0.25) is 9.78 Å². The molecule has 1 amide bonds. The predicted molar refractivity (Wildman–Crippen MR) is 64.2 cm³/mol. The molecular formula is C12H13N3O. The Bertz CT molecular complexity index is 537. The molecule has 0 saturated carbocycles. The second kappa shape index (κ2) is 4.18. The van der Waals surface area contributed by atoms with Gasteiger partial charge in [0, 0.05) is 29.2 Å². The number of hydrogen-bond acceptors (Lipinski definition) is 3. The number of aromatic nitrogens is 1. The molecule has 1 aromatic heterocycles. The topological polar surface area (TPSA) is 68.0 Å². The van der Waals surface area contributed by atoms with Crippen LogP contribution in [0.1, 0.15) is 17.4 Å². The third-order valence-electron chi connectivity index (χ3n) is 2.39. The van der Waals surface area contributed by atoms with Crippen LogP contribution in [0.4, 0.5) is 5.69 Å². The van der Waals surface area contributed by atoms with E-state index in [4.69, 9.17) is 5.73 Å². The van der Waals surface area contributed by atoms with Gasteiger partial charge in [0.15, 0.2) is 0 Å². The molecule has 0 atom stereocenters. The van der Waals surface area contributed by atoms with Crippen LogP contribution in [0.15, 0.2) is 30.5 Å². The van der Waals surface area contributed by atoms with Crippen molar-refractivity contribution in [3.63, 3.8) is 0 Å². The van der Waals surface area contributed by atoms with Crippen LogP contribution in [-0.4, -0.2) is 17.4 Å². The molecule has 16 heavy (non-hydrogen) atoms. The molecule has 4 nitrogen and oxygen atoms in total. The first-order chi connectivity index (χ1) is 7.74. The van der Waals surface area contributed by atoms with Crippen molar-refractivity contribution in [3.05, 3.63) is 36.2 Å². The lowest BCUT2D eigenvalue weighted by Gasteiger charge is -2.06. The van der Waals surface area contributed by atoms with Gasteiger partial charge in [-0.15, -0.1) is 0 Å². The average molecular weight is 215 g/mol. The average Bonchev–Trinajstić information content (AvgIpc) is 2.29. The minimum Gasteiger partial charge on any atom is -0.398 e. The molecule has 0 bridgehead atoms. The summed E-state index contributed by atoms with van der Waals surface area (Å²) in [7, 11) is 0. The van der Waals surface area contributed by atoms with E-state index in [-0.39, 0.29) is 5.91 Å². The highest BCUT2D eigenvalue weighted by molar-refractivity contribution is 6.07. The number of rotatable bonds is 2. The summed E-state index contributed by atoms with van der Waals surface area (Å²) in [5.41, 5.74) is 6.92. The van der Waals surface area contributed by atoms with Gasteiger partial charge < -0.3 is 11.1 Å². The van der Waals surface area contributed by atoms with Crippen molar-refractivity contribution >= 4 is 22.4 Å². The number of fused-ring (bicyclic) bond motifs is 1. The summed E-state index contributed by atoms with van der Waals surface area (Å²) in [6.07, 6.45) is 1.60. The van der Waals surface area contributed by atoms with E-state index in [1.54, 1.807) is 6.20 Å². The maximum Gasteiger partial charge on any atom is 0.270 e. The van der Waals surface area contributed by atoms with Crippen LogP contribution in [0.2, 0.25) is 0 Å². The number of pyridine rings is 1. The summed E-state index contributed by atoms with van der Waals surface area (Å²) in [6.45, 7) is 2.45. The molecule has 3 N–H and O–H groups in total. The Morgan fingerprint density at radius 1 is 1.38 bits per heavy atom. The zero-order valence-corrected chi connectivity index (χ0v) is 9.03. The third-order valence-corrected chi connectivity index (χ3v) is 2.39. The Morgan fingerprint density at radius 2 is 2.19 bits per heavy atom. The van der Waals surface area contributed by atoms with Crippen molar-refractivity contribution in [1.82, 2.24) is 10.3 Å². The summed E-state index contributed by atoms with van der Waals surface area (Å²) < 4.78 is 0. The summed E-state index contributed by atoms with van der Waals surface area (Å²) in [4.78, 5) is 15.9. The van der Waals surface area contributed by atoms with Crippen LogP contribution in [0, 0.1) is 0 Å². The van der Waals surface area contributed by atoms with Gasteiger partial charge >= 0.3 is 0 Å². The number of amides is 1. The van der Waals surface area contributed by atoms with Gasteiger partial charge in [-0.1, -0.05) is 12.1 Å². The Hall–Kier alpha value is -2.10. The molecule has 2 aromatic rings. The molecule has 0 unspecified atom stereocenters. The zero-order valence-electron chi connectivity index (χ0n) is 9.03. The number of benzene rings is 1. The monoisotopic (exact) mass is 215 g/mol. The van der Waals surface area contributed by atoms with E-state index in [0.29, 0.717) is 17.9 Å².